The minimum absolute atomic E-state index is 0.332. The van der Waals surface area contributed by atoms with E-state index in [2.05, 4.69) is 79.0 Å². The first-order valence-electron chi connectivity index (χ1n) is 10.1. The van der Waals surface area contributed by atoms with Crippen LogP contribution in [-0.4, -0.2) is 0 Å². The van der Waals surface area contributed by atoms with E-state index in [1.54, 1.807) is 0 Å². The predicted molar refractivity (Wildman–Crippen MR) is 115 cm³/mol. The normalized spacial score (nSPS) is 22.2. The lowest BCUT2D eigenvalue weighted by Gasteiger charge is -2.37. The van der Waals surface area contributed by atoms with Crippen LogP contribution < -0.4 is 10.1 Å². The van der Waals surface area contributed by atoms with Gasteiger partial charge in [-0.25, -0.2) is 0 Å². The summed E-state index contributed by atoms with van der Waals surface area (Å²) in [5, 5.41) is 3.81. The summed E-state index contributed by atoms with van der Waals surface area (Å²) < 4.78 is 5.96. The second-order valence-corrected chi connectivity index (χ2v) is 7.91. The predicted octanol–water partition coefficient (Wildman–Crippen LogP) is 6.40. The van der Waals surface area contributed by atoms with Crippen molar-refractivity contribution in [1.82, 2.24) is 0 Å². The van der Waals surface area contributed by atoms with Crippen LogP contribution in [0, 0.1) is 12.8 Å². The third kappa shape index (κ3) is 3.20. The Hall–Kier alpha value is -3.00. The van der Waals surface area contributed by atoms with Crippen molar-refractivity contribution in [1.29, 1.82) is 0 Å². The number of hydrogen-bond donors (Lipinski definition) is 1. The Morgan fingerprint density at radius 1 is 0.964 bits per heavy atom. The molecule has 0 saturated heterocycles. The average Bonchev–Trinajstić information content (AvgIpc) is 3.23. The van der Waals surface area contributed by atoms with Gasteiger partial charge in [-0.1, -0.05) is 72.3 Å². The van der Waals surface area contributed by atoms with Gasteiger partial charge in [0.1, 0.15) is 12.4 Å². The largest absolute Gasteiger partial charge is 0.489 e. The van der Waals surface area contributed by atoms with Gasteiger partial charge in [0, 0.05) is 11.6 Å². The van der Waals surface area contributed by atoms with Crippen molar-refractivity contribution in [3.8, 4) is 5.75 Å². The molecule has 0 bridgehead atoms. The Bertz CT molecular complexity index is 991. The first-order valence-corrected chi connectivity index (χ1v) is 10.1. The van der Waals surface area contributed by atoms with Crippen molar-refractivity contribution in [2.24, 2.45) is 5.92 Å². The topological polar surface area (TPSA) is 21.3 Å². The molecule has 3 aromatic rings. The number of fused-ring (bicyclic) bond motifs is 3. The smallest absolute Gasteiger partial charge is 0.119 e. The third-order valence-corrected chi connectivity index (χ3v) is 6.01. The lowest BCUT2D eigenvalue weighted by Crippen LogP contribution is -2.29. The lowest BCUT2D eigenvalue weighted by atomic mass is 9.76. The van der Waals surface area contributed by atoms with Crippen LogP contribution in [0.3, 0.4) is 0 Å². The van der Waals surface area contributed by atoms with Gasteiger partial charge in [-0.15, -0.1) is 0 Å². The first-order chi connectivity index (χ1) is 13.8. The van der Waals surface area contributed by atoms with Crippen molar-refractivity contribution in [2.45, 2.75) is 31.9 Å². The molecule has 1 N–H and O–H groups in total. The highest BCUT2D eigenvalue weighted by atomic mass is 16.5. The molecule has 0 fully saturated rings. The maximum Gasteiger partial charge on any atom is 0.119 e. The van der Waals surface area contributed by atoms with Gasteiger partial charge < -0.3 is 10.1 Å². The number of nitrogens with one attached hydrogen (secondary N) is 1. The van der Waals surface area contributed by atoms with Crippen LogP contribution in [0.1, 0.15) is 40.6 Å². The van der Waals surface area contributed by atoms with Gasteiger partial charge in [0.15, 0.2) is 0 Å². The summed E-state index contributed by atoms with van der Waals surface area (Å²) in [6, 6.07) is 26.0. The molecule has 3 atom stereocenters. The molecule has 28 heavy (non-hydrogen) atoms. The number of ether oxygens (including phenoxy) is 1. The quantitative estimate of drug-likeness (QED) is 0.539. The maximum absolute atomic E-state index is 5.96. The molecular weight excluding hydrogens is 342 g/mol. The number of anilines is 1. The fourth-order valence-electron chi connectivity index (χ4n) is 4.56. The molecule has 5 rings (SSSR count). The molecule has 1 aliphatic carbocycles. The van der Waals surface area contributed by atoms with Crippen LogP contribution in [0.5, 0.6) is 5.75 Å². The van der Waals surface area contributed by atoms with Crippen molar-refractivity contribution in [3.05, 3.63) is 107 Å². The van der Waals surface area contributed by atoms with E-state index in [-0.39, 0.29) is 0 Å². The van der Waals surface area contributed by atoms with Crippen LogP contribution in [0.15, 0.2) is 84.9 Å². The van der Waals surface area contributed by atoms with Gasteiger partial charge in [-0.3, -0.25) is 0 Å². The van der Waals surface area contributed by atoms with Crippen LogP contribution in [0.4, 0.5) is 5.69 Å². The standard InChI is InChI=1S/C26H25NO/c1-18-10-15-25-24(16-18)22-8-5-9-23(22)26(27-25)20-11-13-21(14-12-20)28-17-19-6-3-2-4-7-19/h2-8,10-16,22-23,26-27H,9,17H2,1H3. The van der Waals surface area contributed by atoms with Gasteiger partial charge in [0.25, 0.3) is 0 Å². The van der Waals surface area contributed by atoms with Gasteiger partial charge in [0.2, 0.25) is 0 Å². The summed E-state index contributed by atoms with van der Waals surface area (Å²) in [5.74, 6) is 2.00. The van der Waals surface area contributed by atoms with E-state index in [1.807, 2.05) is 18.2 Å². The number of rotatable bonds is 4. The van der Waals surface area contributed by atoms with Crippen LogP contribution >= 0.6 is 0 Å². The summed E-state index contributed by atoms with van der Waals surface area (Å²) in [6.07, 6.45) is 5.87. The Labute approximate surface area is 166 Å². The molecule has 2 nitrogen and oxygen atoms in total. The molecule has 0 amide bonds. The minimum Gasteiger partial charge on any atom is -0.489 e. The van der Waals surface area contributed by atoms with E-state index >= 15 is 0 Å². The van der Waals surface area contributed by atoms with E-state index in [0.29, 0.717) is 24.5 Å². The summed E-state index contributed by atoms with van der Waals surface area (Å²) in [6.45, 7) is 2.78. The van der Waals surface area contributed by atoms with E-state index in [4.69, 9.17) is 4.74 Å². The fraction of sp³-hybridized carbons (Fsp3) is 0.231. The van der Waals surface area contributed by atoms with Crippen LogP contribution in [0.2, 0.25) is 0 Å². The van der Waals surface area contributed by atoms with Gasteiger partial charge in [0.05, 0.1) is 6.04 Å². The highest BCUT2D eigenvalue weighted by molar-refractivity contribution is 5.60. The number of aryl methyl sites for hydroxylation is 1. The average molecular weight is 367 g/mol. The number of benzene rings is 3. The summed E-state index contributed by atoms with van der Waals surface area (Å²) in [5.41, 5.74) is 6.56. The number of allylic oxidation sites excluding steroid dienone is 2. The monoisotopic (exact) mass is 367 g/mol. The van der Waals surface area contributed by atoms with Gasteiger partial charge >= 0.3 is 0 Å². The third-order valence-electron chi connectivity index (χ3n) is 6.01. The zero-order valence-electron chi connectivity index (χ0n) is 16.1. The molecule has 0 saturated carbocycles. The molecule has 0 radical (unpaired) electrons. The SMILES string of the molecule is Cc1ccc2c(c1)C1C=CCC1C(c1ccc(OCc3ccccc3)cc1)N2. The molecule has 0 aromatic heterocycles. The lowest BCUT2D eigenvalue weighted by molar-refractivity contribution is 0.306. The van der Waals surface area contributed by atoms with E-state index in [9.17, 15) is 0 Å². The second kappa shape index (κ2) is 7.20. The zero-order chi connectivity index (χ0) is 18.9. The second-order valence-electron chi connectivity index (χ2n) is 7.91. The van der Waals surface area contributed by atoms with E-state index in [0.717, 1.165) is 12.2 Å². The molecule has 3 aromatic carbocycles. The Kier molecular flexibility index (Phi) is 4.40. The van der Waals surface area contributed by atoms with Crippen molar-refractivity contribution in [2.75, 3.05) is 5.32 Å². The Morgan fingerprint density at radius 2 is 1.79 bits per heavy atom. The van der Waals surface area contributed by atoms with Crippen LogP contribution in [-0.2, 0) is 6.61 Å². The highest BCUT2D eigenvalue weighted by Gasteiger charge is 2.37. The molecule has 1 heterocycles. The Balaban J connectivity index is 1.35. The van der Waals surface area contributed by atoms with Gasteiger partial charge in [-0.2, -0.15) is 0 Å². The minimum atomic E-state index is 0.332. The fourth-order valence-corrected chi connectivity index (χ4v) is 4.56. The first kappa shape index (κ1) is 17.1. The summed E-state index contributed by atoms with van der Waals surface area (Å²) >= 11 is 0. The van der Waals surface area contributed by atoms with Crippen molar-refractivity contribution >= 4 is 5.69 Å². The highest BCUT2D eigenvalue weighted by Crippen LogP contribution is 2.50. The van der Waals surface area contributed by atoms with Gasteiger partial charge in [-0.05, 0) is 54.2 Å². The van der Waals surface area contributed by atoms with Crippen molar-refractivity contribution in [3.63, 3.8) is 0 Å². The van der Waals surface area contributed by atoms with E-state index < -0.39 is 0 Å². The summed E-state index contributed by atoms with van der Waals surface area (Å²) in [7, 11) is 0. The molecule has 2 heteroatoms. The molecular formula is C26H25NO. The molecule has 2 aliphatic rings. The van der Waals surface area contributed by atoms with Crippen molar-refractivity contribution < 1.29 is 4.74 Å². The zero-order valence-corrected chi connectivity index (χ0v) is 16.1. The molecule has 3 unspecified atom stereocenters. The maximum atomic E-state index is 5.96. The Morgan fingerprint density at radius 3 is 2.61 bits per heavy atom. The molecule has 1 aliphatic heterocycles. The molecule has 0 spiro atoms. The number of hydrogen-bond acceptors (Lipinski definition) is 2. The molecule has 140 valence electrons. The summed E-state index contributed by atoms with van der Waals surface area (Å²) in [4.78, 5) is 0. The van der Waals surface area contributed by atoms with Crippen LogP contribution in [0.25, 0.3) is 0 Å². The van der Waals surface area contributed by atoms with E-state index in [1.165, 1.54) is 27.9 Å².